The van der Waals surface area contributed by atoms with Crippen molar-refractivity contribution in [2.75, 3.05) is 14.2 Å². The second-order valence-corrected chi connectivity index (χ2v) is 4.46. The summed E-state index contributed by atoms with van der Waals surface area (Å²) in [5.41, 5.74) is 1.000. The molecule has 0 saturated heterocycles. The van der Waals surface area contributed by atoms with Crippen LogP contribution in [-0.2, 0) is 6.61 Å². The molecule has 0 fully saturated rings. The molecule has 1 aromatic carbocycles. The second-order valence-electron chi connectivity index (χ2n) is 3.35. The van der Waals surface area contributed by atoms with E-state index in [1.165, 1.54) is 11.3 Å². The standard InChI is InChI=1S/C12H13NO3S/c1-15-9-4-3-8(5-10(9)16-2)11-6-13-12(7-14)17-11/h3-6,14H,7H2,1-2H3. The topological polar surface area (TPSA) is 51.6 Å². The van der Waals surface area contributed by atoms with Gasteiger partial charge in [0.15, 0.2) is 11.5 Å². The quantitative estimate of drug-likeness (QED) is 0.906. The number of hydrogen-bond donors (Lipinski definition) is 1. The summed E-state index contributed by atoms with van der Waals surface area (Å²) < 4.78 is 10.4. The van der Waals surface area contributed by atoms with Gasteiger partial charge >= 0.3 is 0 Å². The summed E-state index contributed by atoms with van der Waals surface area (Å²) in [6.07, 6.45) is 1.75. The second kappa shape index (κ2) is 5.16. The van der Waals surface area contributed by atoms with Crippen molar-refractivity contribution in [2.24, 2.45) is 0 Å². The number of hydrogen-bond acceptors (Lipinski definition) is 5. The van der Waals surface area contributed by atoms with Gasteiger partial charge < -0.3 is 14.6 Å². The number of aliphatic hydroxyl groups is 1. The van der Waals surface area contributed by atoms with Crippen LogP contribution in [0, 0.1) is 0 Å². The first-order valence-electron chi connectivity index (χ1n) is 5.06. The Bertz CT molecular complexity index is 510. The SMILES string of the molecule is COc1ccc(-c2cnc(CO)s2)cc1OC. The highest BCUT2D eigenvalue weighted by molar-refractivity contribution is 7.15. The molecule has 0 bridgehead atoms. The number of ether oxygens (including phenoxy) is 2. The summed E-state index contributed by atoms with van der Waals surface area (Å²) >= 11 is 1.46. The molecule has 0 aliphatic heterocycles. The van der Waals surface area contributed by atoms with Gasteiger partial charge in [0, 0.05) is 6.20 Å². The van der Waals surface area contributed by atoms with Crippen LogP contribution >= 0.6 is 11.3 Å². The number of aliphatic hydroxyl groups excluding tert-OH is 1. The summed E-state index contributed by atoms with van der Waals surface area (Å²) in [6.45, 7) is -0.0298. The van der Waals surface area contributed by atoms with Gasteiger partial charge in [-0.1, -0.05) is 0 Å². The molecule has 0 unspecified atom stereocenters. The Balaban J connectivity index is 2.38. The van der Waals surface area contributed by atoms with Crippen molar-refractivity contribution >= 4 is 11.3 Å². The fourth-order valence-corrected chi connectivity index (χ4v) is 2.28. The zero-order chi connectivity index (χ0) is 12.3. The van der Waals surface area contributed by atoms with Crippen molar-refractivity contribution < 1.29 is 14.6 Å². The van der Waals surface area contributed by atoms with Gasteiger partial charge in [0.05, 0.1) is 25.7 Å². The van der Waals surface area contributed by atoms with Gasteiger partial charge in [-0.05, 0) is 23.8 Å². The summed E-state index contributed by atoms with van der Waals surface area (Å²) in [5, 5.41) is 9.69. The van der Waals surface area contributed by atoms with Crippen LogP contribution in [-0.4, -0.2) is 24.3 Å². The van der Waals surface area contributed by atoms with Crippen molar-refractivity contribution in [1.82, 2.24) is 4.98 Å². The molecule has 0 aliphatic rings. The third-order valence-corrected chi connectivity index (χ3v) is 3.39. The Morgan fingerprint density at radius 3 is 2.59 bits per heavy atom. The van der Waals surface area contributed by atoms with Crippen molar-refractivity contribution in [3.63, 3.8) is 0 Å². The summed E-state index contributed by atoms with van der Waals surface area (Å²) in [6, 6.07) is 5.69. The molecule has 0 amide bonds. The minimum Gasteiger partial charge on any atom is -0.493 e. The largest absolute Gasteiger partial charge is 0.493 e. The summed E-state index contributed by atoms with van der Waals surface area (Å²) in [4.78, 5) is 5.10. The maximum atomic E-state index is 8.98. The van der Waals surface area contributed by atoms with Crippen molar-refractivity contribution in [3.05, 3.63) is 29.4 Å². The summed E-state index contributed by atoms with van der Waals surface area (Å²) in [7, 11) is 3.21. The van der Waals surface area contributed by atoms with Crippen LogP contribution in [0.3, 0.4) is 0 Å². The van der Waals surface area contributed by atoms with E-state index in [0.29, 0.717) is 16.5 Å². The van der Waals surface area contributed by atoms with Gasteiger partial charge in [-0.3, -0.25) is 0 Å². The number of nitrogens with zero attached hydrogens (tertiary/aromatic N) is 1. The summed E-state index contributed by atoms with van der Waals surface area (Å²) in [5.74, 6) is 1.38. The maximum absolute atomic E-state index is 8.98. The van der Waals surface area contributed by atoms with Gasteiger partial charge in [0.25, 0.3) is 0 Å². The highest BCUT2D eigenvalue weighted by Crippen LogP contribution is 2.34. The number of rotatable bonds is 4. The van der Waals surface area contributed by atoms with E-state index in [-0.39, 0.29) is 6.61 Å². The average molecular weight is 251 g/mol. The average Bonchev–Trinajstić information content (AvgIpc) is 2.86. The molecule has 0 aliphatic carbocycles. The first-order valence-corrected chi connectivity index (χ1v) is 5.88. The molecule has 4 nitrogen and oxygen atoms in total. The van der Waals surface area contributed by atoms with Crippen LogP contribution in [0.4, 0.5) is 0 Å². The van der Waals surface area contributed by atoms with Gasteiger partial charge in [0.1, 0.15) is 5.01 Å². The molecule has 0 atom stereocenters. The van der Waals surface area contributed by atoms with Crippen LogP contribution in [0.5, 0.6) is 11.5 Å². The fraction of sp³-hybridized carbons (Fsp3) is 0.250. The fourth-order valence-electron chi connectivity index (χ4n) is 1.51. The van der Waals surface area contributed by atoms with E-state index in [9.17, 15) is 0 Å². The molecule has 17 heavy (non-hydrogen) atoms. The Labute approximate surface area is 103 Å². The zero-order valence-electron chi connectivity index (χ0n) is 9.64. The van der Waals surface area contributed by atoms with Gasteiger partial charge in [-0.15, -0.1) is 11.3 Å². The van der Waals surface area contributed by atoms with E-state index in [2.05, 4.69) is 4.98 Å². The number of methoxy groups -OCH3 is 2. The Hall–Kier alpha value is -1.59. The van der Waals surface area contributed by atoms with E-state index in [1.54, 1.807) is 20.4 Å². The minimum atomic E-state index is -0.0298. The van der Waals surface area contributed by atoms with E-state index in [0.717, 1.165) is 10.4 Å². The molecule has 1 heterocycles. The van der Waals surface area contributed by atoms with Crippen LogP contribution < -0.4 is 9.47 Å². The number of aromatic nitrogens is 1. The molecular formula is C12H13NO3S. The molecule has 1 N–H and O–H groups in total. The molecular weight excluding hydrogens is 238 g/mol. The van der Waals surface area contributed by atoms with Crippen molar-refractivity contribution in [3.8, 4) is 21.9 Å². The van der Waals surface area contributed by atoms with Crippen LogP contribution in [0.2, 0.25) is 0 Å². The third-order valence-electron chi connectivity index (χ3n) is 2.36. The van der Waals surface area contributed by atoms with Gasteiger partial charge in [-0.25, -0.2) is 4.98 Å². The van der Waals surface area contributed by atoms with E-state index < -0.39 is 0 Å². The van der Waals surface area contributed by atoms with Crippen molar-refractivity contribution in [1.29, 1.82) is 0 Å². The normalized spacial score (nSPS) is 10.3. The Morgan fingerprint density at radius 1 is 1.24 bits per heavy atom. The molecule has 1 aromatic heterocycles. The Morgan fingerprint density at radius 2 is 2.00 bits per heavy atom. The molecule has 2 aromatic rings. The molecule has 2 rings (SSSR count). The number of thiazole rings is 1. The van der Waals surface area contributed by atoms with Crippen molar-refractivity contribution in [2.45, 2.75) is 6.61 Å². The minimum absolute atomic E-state index is 0.0298. The van der Waals surface area contributed by atoms with Gasteiger partial charge in [-0.2, -0.15) is 0 Å². The lowest BCUT2D eigenvalue weighted by Crippen LogP contribution is -1.90. The zero-order valence-corrected chi connectivity index (χ0v) is 10.5. The highest BCUT2D eigenvalue weighted by Gasteiger charge is 2.08. The molecule has 90 valence electrons. The number of benzene rings is 1. The third kappa shape index (κ3) is 2.40. The molecule has 0 spiro atoms. The molecule has 0 radical (unpaired) electrons. The van der Waals surface area contributed by atoms with E-state index >= 15 is 0 Å². The van der Waals surface area contributed by atoms with Crippen LogP contribution in [0.1, 0.15) is 5.01 Å². The lowest BCUT2D eigenvalue weighted by Gasteiger charge is -2.08. The highest BCUT2D eigenvalue weighted by atomic mass is 32.1. The maximum Gasteiger partial charge on any atom is 0.161 e. The van der Waals surface area contributed by atoms with Crippen LogP contribution in [0.25, 0.3) is 10.4 Å². The monoisotopic (exact) mass is 251 g/mol. The smallest absolute Gasteiger partial charge is 0.161 e. The van der Waals surface area contributed by atoms with Crippen LogP contribution in [0.15, 0.2) is 24.4 Å². The predicted molar refractivity (Wildman–Crippen MR) is 66.6 cm³/mol. The van der Waals surface area contributed by atoms with E-state index in [1.807, 2.05) is 18.2 Å². The lowest BCUT2D eigenvalue weighted by molar-refractivity contribution is 0.281. The Kier molecular flexibility index (Phi) is 3.61. The first-order chi connectivity index (χ1) is 8.28. The lowest BCUT2D eigenvalue weighted by atomic mass is 10.2. The van der Waals surface area contributed by atoms with Gasteiger partial charge in [0.2, 0.25) is 0 Å². The predicted octanol–water partition coefficient (Wildman–Crippen LogP) is 2.32. The first kappa shape index (κ1) is 11.9. The molecule has 5 heteroatoms. The molecule has 0 saturated carbocycles. The van der Waals surface area contributed by atoms with E-state index in [4.69, 9.17) is 14.6 Å².